The number of aromatic nitrogens is 1. The number of rotatable bonds is 3. The molecule has 0 bridgehead atoms. The lowest BCUT2D eigenvalue weighted by atomic mass is 10.0. The Balaban J connectivity index is 2.69. The van der Waals surface area contributed by atoms with Gasteiger partial charge in [0.1, 0.15) is 15.9 Å². The van der Waals surface area contributed by atoms with Crippen molar-refractivity contribution in [1.29, 1.82) is 0 Å². The molecular formula is C13H19Cl2N3O2. The van der Waals surface area contributed by atoms with Crippen molar-refractivity contribution in [3.05, 3.63) is 27.5 Å². The predicted octanol–water partition coefficient (Wildman–Crippen LogP) is 3.22. The lowest BCUT2D eigenvalue weighted by molar-refractivity contribution is 0.0524. The van der Waals surface area contributed by atoms with Crippen LogP contribution >= 0.6 is 23.2 Å². The van der Waals surface area contributed by atoms with E-state index in [1.54, 1.807) is 26.8 Å². The SMILES string of the molecule is Cc1cc(Cl)nc(Cl)c1C(N)CNC(=O)OC(C)(C)C. The molecule has 0 aromatic carbocycles. The second kappa shape index (κ2) is 6.61. The van der Waals surface area contributed by atoms with Gasteiger partial charge in [0.2, 0.25) is 0 Å². The molecule has 112 valence electrons. The number of carbonyl (C=O) groups is 1. The maximum Gasteiger partial charge on any atom is 0.407 e. The zero-order chi connectivity index (χ0) is 15.5. The van der Waals surface area contributed by atoms with Gasteiger partial charge in [0.15, 0.2) is 0 Å². The van der Waals surface area contributed by atoms with Crippen LogP contribution in [0, 0.1) is 6.92 Å². The van der Waals surface area contributed by atoms with Crippen molar-refractivity contribution < 1.29 is 9.53 Å². The second-order valence-electron chi connectivity index (χ2n) is 5.46. The number of nitrogens with zero attached hydrogens (tertiary/aromatic N) is 1. The number of halogens is 2. The minimum absolute atomic E-state index is 0.193. The van der Waals surface area contributed by atoms with Crippen molar-refractivity contribution in [3.63, 3.8) is 0 Å². The predicted molar refractivity (Wildman–Crippen MR) is 80.2 cm³/mol. The normalized spacial score (nSPS) is 12.9. The molecule has 0 spiro atoms. The van der Waals surface area contributed by atoms with Crippen LogP contribution in [0.15, 0.2) is 6.07 Å². The summed E-state index contributed by atoms with van der Waals surface area (Å²) in [6, 6.07) is 1.19. The van der Waals surface area contributed by atoms with Gasteiger partial charge in [-0.25, -0.2) is 9.78 Å². The van der Waals surface area contributed by atoms with Gasteiger partial charge in [0, 0.05) is 12.1 Å². The third kappa shape index (κ3) is 5.15. The smallest absolute Gasteiger partial charge is 0.407 e. The van der Waals surface area contributed by atoms with Gasteiger partial charge in [0.25, 0.3) is 0 Å². The van der Waals surface area contributed by atoms with E-state index in [4.69, 9.17) is 33.7 Å². The highest BCUT2D eigenvalue weighted by molar-refractivity contribution is 6.33. The summed E-state index contributed by atoms with van der Waals surface area (Å²) in [6.45, 7) is 7.39. The monoisotopic (exact) mass is 319 g/mol. The van der Waals surface area contributed by atoms with Gasteiger partial charge >= 0.3 is 6.09 Å². The molecule has 1 aromatic rings. The third-order valence-electron chi connectivity index (χ3n) is 2.42. The van der Waals surface area contributed by atoms with Gasteiger partial charge in [-0.1, -0.05) is 23.2 Å². The van der Waals surface area contributed by atoms with Gasteiger partial charge in [-0.2, -0.15) is 0 Å². The van der Waals surface area contributed by atoms with Crippen molar-refractivity contribution >= 4 is 29.3 Å². The summed E-state index contributed by atoms with van der Waals surface area (Å²) in [6.07, 6.45) is -0.524. The fraction of sp³-hybridized carbons (Fsp3) is 0.538. The molecule has 3 N–H and O–H groups in total. The Morgan fingerprint density at radius 3 is 2.60 bits per heavy atom. The molecule has 0 fully saturated rings. The van der Waals surface area contributed by atoms with Gasteiger partial charge < -0.3 is 15.8 Å². The topological polar surface area (TPSA) is 77.2 Å². The number of nitrogens with one attached hydrogen (secondary N) is 1. The minimum Gasteiger partial charge on any atom is -0.444 e. The molecule has 1 heterocycles. The Labute approximate surface area is 128 Å². The van der Waals surface area contributed by atoms with E-state index in [1.165, 1.54) is 0 Å². The van der Waals surface area contributed by atoms with E-state index < -0.39 is 17.7 Å². The number of hydrogen-bond acceptors (Lipinski definition) is 4. The number of hydrogen-bond donors (Lipinski definition) is 2. The van der Waals surface area contributed by atoms with Crippen LogP contribution in [0.1, 0.15) is 37.9 Å². The summed E-state index contributed by atoms with van der Waals surface area (Å²) < 4.78 is 5.13. The van der Waals surface area contributed by atoms with E-state index in [-0.39, 0.29) is 11.7 Å². The molecular weight excluding hydrogens is 301 g/mol. The Morgan fingerprint density at radius 2 is 2.10 bits per heavy atom. The van der Waals surface area contributed by atoms with E-state index >= 15 is 0 Å². The van der Waals surface area contributed by atoms with Crippen molar-refractivity contribution in [3.8, 4) is 0 Å². The minimum atomic E-state index is -0.552. The van der Waals surface area contributed by atoms with Crippen LogP contribution < -0.4 is 11.1 Å². The Kier molecular flexibility index (Phi) is 5.62. The van der Waals surface area contributed by atoms with Crippen LogP contribution in [0.4, 0.5) is 4.79 Å². The molecule has 1 atom stereocenters. The summed E-state index contributed by atoms with van der Waals surface area (Å²) in [7, 11) is 0. The van der Waals surface area contributed by atoms with Gasteiger partial charge in [0.05, 0.1) is 6.04 Å². The Hall–Kier alpha value is -1.04. The molecule has 0 saturated carbocycles. The van der Waals surface area contributed by atoms with Crippen molar-refractivity contribution in [2.45, 2.75) is 39.3 Å². The maximum absolute atomic E-state index is 11.6. The second-order valence-corrected chi connectivity index (χ2v) is 6.20. The van der Waals surface area contributed by atoms with Gasteiger partial charge in [-0.15, -0.1) is 0 Å². The standard InChI is InChI=1S/C13H19Cl2N3O2/c1-7-5-9(14)18-11(15)10(7)8(16)6-17-12(19)20-13(2,3)4/h5,8H,6,16H2,1-4H3,(H,17,19). The first-order valence-corrected chi connectivity index (χ1v) is 6.90. The van der Waals surface area contributed by atoms with Crippen molar-refractivity contribution in [2.75, 3.05) is 6.54 Å². The molecule has 7 heteroatoms. The zero-order valence-electron chi connectivity index (χ0n) is 12.0. The first-order valence-electron chi connectivity index (χ1n) is 6.15. The molecule has 0 radical (unpaired) electrons. The molecule has 0 aliphatic heterocycles. The van der Waals surface area contributed by atoms with Crippen LogP contribution in [-0.4, -0.2) is 23.2 Å². The first kappa shape index (κ1) is 17.0. The lowest BCUT2D eigenvalue weighted by Crippen LogP contribution is -2.36. The quantitative estimate of drug-likeness (QED) is 0.838. The number of ether oxygens (including phenoxy) is 1. The fourth-order valence-corrected chi connectivity index (χ4v) is 2.33. The number of amides is 1. The summed E-state index contributed by atoms with van der Waals surface area (Å²) in [5.41, 5.74) is 6.96. The van der Waals surface area contributed by atoms with Gasteiger partial charge in [-0.05, 0) is 39.3 Å². The molecule has 5 nitrogen and oxygen atoms in total. The number of carbonyl (C=O) groups excluding carboxylic acids is 1. The molecule has 1 unspecified atom stereocenters. The molecule has 0 saturated heterocycles. The highest BCUT2D eigenvalue weighted by Crippen LogP contribution is 2.25. The molecule has 0 aliphatic rings. The van der Waals surface area contributed by atoms with Crippen LogP contribution in [0.2, 0.25) is 10.3 Å². The van der Waals surface area contributed by atoms with Crippen molar-refractivity contribution in [2.24, 2.45) is 5.73 Å². The molecule has 20 heavy (non-hydrogen) atoms. The van der Waals surface area contributed by atoms with Crippen LogP contribution in [0.3, 0.4) is 0 Å². The molecule has 1 aromatic heterocycles. The first-order chi connectivity index (χ1) is 9.10. The van der Waals surface area contributed by atoms with Crippen molar-refractivity contribution in [1.82, 2.24) is 10.3 Å². The summed E-state index contributed by atoms with van der Waals surface area (Å²) >= 11 is 11.8. The average molecular weight is 320 g/mol. The molecule has 0 aliphatic carbocycles. The van der Waals surface area contributed by atoms with Crippen LogP contribution in [-0.2, 0) is 4.74 Å². The van der Waals surface area contributed by atoms with E-state index in [0.29, 0.717) is 10.7 Å². The van der Waals surface area contributed by atoms with E-state index in [0.717, 1.165) is 5.56 Å². The zero-order valence-corrected chi connectivity index (χ0v) is 13.5. The highest BCUT2D eigenvalue weighted by atomic mass is 35.5. The number of nitrogens with two attached hydrogens (primary N) is 1. The van der Waals surface area contributed by atoms with E-state index in [9.17, 15) is 4.79 Å². The lowest BCUT2D eigenvalue weighted by Gasteiger charge is -2.21. The highest BCUT2D eigenvalue weighted by Gasteiger charge is 2.19. The molecule has 1 amide bonds. The Bertz CT molecular complexity index is 478. The summed E-state index contributed by atoms with van der Waals surface area (Å²) in [4.78, 5) is 15.5. The Morgan fingerprint density at radius 1 is 1.50 bits per heavy atom. The fourth-order valence-electron chi connectivity index (χ4n) is 1.66. The average Bonchev–Trinajstić information content (AvgIpc) is 2.22. The van der Waals surface area contributed by atoms with Crippen LogP contribution in [0.5, 0.6) is 0 Å². The third-order valence-corrected chi connectivity index (χ3v) is 2.91. The van der Waals surface area contributed by atoms with E-state index in [1.807, 2.05) is 6.92 Å². The number of aryl methyl sites for hydroxylation is 1. The molecule has 1 rings (SSSR count). The number of pyridine rings is 1. The summed E-state index contributed by atoms with van der Waals surface area (Å²) in [5, 5.41) is 3.15. The van der Waals surface area contributed by atoms with Crippen LogP contribution in [0.25, 0.3) is 0 Å². The number of alkyl carbamates (subject to hydrolysis) is 1. The van der Waals surface area contributed by atoms with Gasteiger partial charge in [-0.3, -0.25) is 0 Å². The summed E-state index contributed by atoms with van der Waals surface area (Å²) in [5.74, 6) is 0. The van der Waals surface area contributed by atoms with E-state index in [2.05, 4.69) is 10.3 Å². The largest absolute Gasteiger partial charge is 0.444 e. The maximum atomic E-state index is 11.6.